The van der Waals surface area contributed by atoms with Gasteiger partial charge in [-0.1, -0.05) is 34.6 Å². The van der Waals surface area contributed by atoms with Crippen molar-refractivity contribution >= 4 is 11.3 Å². The molecule has 1 heterocycles. The summed E-state index contributed by atoms with van der Waals surface area (Å²) < 4.78 is 0. The SMILES string of the molecule is CCCNCc1nc2c(s1)C(C)(C)CC(C)(C)C2. The number of thiazole rings is 1. The second kappa shape index (κ2) is 4.93. The van der Waals surface area contributed by atoms with Crippen LogP contribution in [0.1, 0.15) is 63.0 Å². The van der Waals surface area contributed by atoms with E-state index >= 15 is 0 Å². The molecule has 102 valence electrons. The molecule has 0 amide bonds. The standard InChI is InChI=1S/C15H26N2S/c1-6-7-16-9-12-17-11-8-14(2,3)10-15(4,5)13(11)18-12/h16H,6-10H2,1-5H3. The molecule has 2 nitrogen and oxygen atoms in total. The fraction of sp³-hybridized carbons (Fsp3) is 0.800. The molecule has 1 N–H and O–H groups in total. The van der Waals surface area contributed by atoms with Crippen molar-refractivity contribution in [3.8, 4) is 0 Å². The van der Waals surface area contributed by atoms with Crippen molar-refractivity contribution in [2.45, 2.75) is 65.8 Å². The maximum atomic E-state index is 4.87. The Labute approximate surface area is 115 Å². The van der Waals surface area contributed by atoms with Gasteiger partial charge in [0.2, 0.25) is 0 Å². The van der Waals surface area contributed by atoms with Crippen molar-refractivity contribution in [2.24, 2.45) is 5.41 Å². The summed E-state index contributed by atoms with van der Waals surface area (Å²) in [5.74, 6) is 0. The first-order chi connectivity index (χ1) is 8.34. The smallest absolute Gasteiger partial charge is 0.107 e. The Balaban J connectivity index is 2.19. The number of hydrogen-bond donors (Lipinski definition) is 1. The minimum atomic E-state index is 0.289. The fourth-order valence-electron chi connectivity index (χ4n) is 3.29. The zero-order valence-electron chi connectivity index (χ0n) is 12.4. The van der Waals surface area contributed by atoms with Gasteiger partial charge in [0, 0.05) is 16.8 Å². The number of nitrogens with zero attached hydrogens (tertiary/aromatic N) is 1. The van der Waals surface area contributed by atoms with Crippen LogP contribution in [0.15, 0.2) is 0 Å². The lowest BCUT2D eigenvalue weighted by molar-refractivity contribution is 0.232. The van der Waals surface area contributed by atoms with Crippen molar-refractivity contribution in [3.05, 3.63) is 15.6 Å². The summed E-state index contributed by atoms with van der Waals surface area (Å²) in [6.45, 7) is 13.7. The van der Waals surface area contributed by atoms with Crippen LogP contribution in [0.25, 0.3) is 0 Å². The molecule has 0 bridgehead atoms. The van der Waals surface area contributed by atoms with Crippen LogP contribution in [0.2, 0.25) is 0 Å². The van der Waals surface area contributed by atoms with Crippen molar-refractivity contribution in [1.82, 2.24) is 10.3 Å². The topological polar surface area (TPSA) is 24.9 Å². The van der Waals surface area contributed by atoms with Gasteiger partial charge >= 0.3 is 0 Å². The minimum Gasteiger partial charge on any atom is -0.310 e. The Morgan fingerprint density at radius 2 is 2.00 bits per heavy atom. The lowest BCUT2D eigenvalue weighted by Gasteiger charge is -2.39. The highest BCUT2D eigenvalue weighted by molar-refractivity contribution is 7.11. The molecule has 0 unspecified atom stereocenters. The van der Waals surface area contributed by atoms with E-state index in [0.717, 1.165) is 19.5 Å². The highest BCUT2D eigenvalue weighted by Gasteiger charge is 2.39. The zero-order valence-corrected chi connectivity index (χ0v) is 13.2. The van der Waals surface area contributed by atoms with Gasteiger partial charge in [-0.2, -0.15) is 0 Å². The predicted octanol–water partition coefficient (Wildman–Crippen LogP) is 3.89. The molecular formula is C15H26N2S. The lowest BCUT2D eigenvalue weighted by atomic mass is 9.67. The van der Waals surface area contributed by atoms with E-state index in [1.165, 1.54) is 28.4 Å². The van der Waals surface area contributed by atoms with E-state index < -0.39 is 0 Å². The van der Waals surface area contributed by atoms with E-state index in [1.807, 2.05) is 11.3 Å². The minimum absolute atomic E-state index is 0.289. The van der Waals surface area contributed by atoms with E-state index in [0.29, 0.717) is 5.41 Å². The Hall–Kier alpha value is -0.410. The van der Waals surface area contributed by atoms with Gasteiger partial charge in [-0.25, -0.2) is 4.98 Å². The number of rotatable bonds is 4. The Bertz CT molecular complexity index is 418. The number of nitrogens with one attached hydrogen (secondary N) is 1. The summed E-state index contributed by atoms with van der Waals surface area (Å²) >= 11 is 1.92. The second-order valence-corrected chi connectivity index (χ2v) is 8.05. The van der Waals surface area contributed by atoms with Gasteiger partial charge in [0.05, 0.1) is 5.69 Å². The largest absolute Gasteiger partial charge is 0.310 e. The van der Waals surface area contributed by atoms with Crippen LogP contribution in [-0.2, 0) is 18.4 Å². The van der Waals surface area contributed by atoms with Crippen molar-refractivity contribution in [2.75, 3.05) is 6.54 Å². The molecule has 0 spiro atoms. The van der Waals surface area contributed by atoms with Gasteiger partial charge in [-0.3, -0.25) is 0 Å². The van der Waals surface area contributed by atoms with Gasteiger partial charge in [-0.15, -0.1) is 11.3 Å². The fourth-order valence-corrected chi connectivity index (χ4v) is 4.44. The molecule has 1 aromatic heterocycles. The first-order valence-electron chi connectivity index (χ1n) is 7.04. The quantitative estimate of drug-likeness (QED) is 0.836. The summed E-state index contributed by atoms with van der Waals surface area (Å²) in [5, 5.41) is 4.72. The summed E-state index contributed by atoms with van der Waals surface area (Å²) in [6, 6.07) is 0. The molecule has 0 atom stereocenters. The summed E-state index contributed by atoms with van der Waals surface area (Å²) in [4.78, 5) is 6.39. The van der Waals surface area contributed by atoms with Crippen LogP contribution in [0, 0.1) is 5.41 Å². The third-order valence-electron chi connectivity index (χ3n) is 3.63. The van der Waals surface area contributed by atoms with E-state index in [1.54, 1.807) is 0 Å². The number of fused-ring (bicyclic) bond motifs is 1. The molecule has 0 saturated heterocycles. The summed E-state index contributed by atoms with van der Waals surface area (Å²) in [5.41, 5.74) is 2.03. The van der Waals surface area contributed by atoms with Gasteiger partial charge in [-0.05, 0) is 31.2 Å². The predicted molar refractivity (Wildman–Crippen MR) is 79.2 cm³/mol. The Morgan fingerprint density at radius 1 is 1.28 bits per heavy atom. The molecular weight excluding hydrogens is 240 g/mol. The van der Waals surface area contributed by atoms with Crippen molar-refractivity contribution in [3.63, 3.8) is 0 Å². The molecule has 0 aliphatic heterocycles. The van der Waals surface area contributed by atoms with Gasteiger partial charge < -0.3 is 5.32 Å². The zero-order chi connectivity index (χ0) is 13.4. The third kappa shape index (κ3) is 2.94. The summed E-state index contributed by atoms with van der Waals surface area (Å²) in [7, 11) is 0. The number of aromatic nitrogens is 1. The molecule has 1 aromatic rings. The Morgan fingerprint density at radius 3 is 2.67 bits per heavy atom. The maximum absolute atomic E-state index is 4.87. The van der Waals surface area contributed by atoms with E-state index in [4.69, 9.17) is 4.98 Å². The average molecular weight is 266 g/mol. The number of hydrogen-bond acceptors (Lipinski definition) is 3. The molecule has 0 saturated carbocycles. The summed E-state index contributed by atoms with van der Waals surface area (Å²) in [6.07, 6.45) is 3.58. The van der Waals surface area contributed by atoms with E-state index in [9.17, 15) is 0 Å². The molecule has 0 aromatic carbocycles. The van der Waals surface area contributed by atoms with Crippen LogP contribution < -0.4 is 5.32 Å². The lowest BCUT2D eigenvalue weighted by Crippen LogP contribution is -2.33. The maximum Gasteiger partial charge on any atom is 0.107 e. The van der Waals surface area contributed by atoms with Crippen molar-refractivity contribution < 1.29 is 0 Å². The van der Waals surface area contributed by atoms with Gasteiger partial charge in [0.15, 0.2) is 0 Å². The van der Waals surface area contributed by atoms with Crippen LogP contribution in [0.4, 0.5) is 0 Å². The highest BCUT2D eigenvalue weighted by atomic mass is 32.1. The average Bonchev–Trinajstić information content (AvgIpc) is 2.59. The van der Waals surface area contributed by atoms with Crippen LogP contribution in [0.3, 0.4) is 0 Å². The molecule has 1 aliphatic rings. The van der Waals surface area contributed by atoms with Crippen LogP contribution in [0.5, 0.6) is 0 Å². The molecule has 3 heteroatoms. The third-order valence-corrected chi connectivity index (χ3v) is 5.09. The molecule has 2 rings (SSSR count). The normalized spacial score (nSPS) is 20.7. The van der Waals surface area contributed by atoms with Crippen molar-refractivity contribution in [1.29, 1.82) is 0 Å². The molecule has 0 fully saturated rings. The molecule has 1 aliphatic carbocycles. The molecule has 0 radical (unpaired) electrons. The van der Waals surface area contributed by atoms with Gasteiger partial charge in [0.1, 0.15) is 5.01 Å². The van der Waals surface area contributed by atoms with E-state index in [2.05, 4.69) is 39.9 Å². The highest BCUT2D eigenvalue weighted by Crippen LogP contribution is 2.47. The van der Waals surface area contributed by atoms with Crippen LogP contribution >= 0.6 is 11.3 Å². The first-order valence-corrected chi connectivity index (χ1v) is 7.85. The Kier molecular flexibility index (Phi) is 3.84. The van der Waals surface area contributed by atoms with E-state index in [-0.39, 0.29) is 5.41 Å². The second-order valence-electron chi connectivity index (χ2n) is 6.96. The molecule has 18 heavy (non-hydrogen) atoms. The van der Waals surface area contributed by atoms with Crippen LogP contribution in [-0.4, -0.2) is 11.5 Å². The van der Waals surface area contributed by atoms with Gasteiger partial charge in [0.25, 0.3) is 0 Å². The monoisotopic (exact) mass is 266 g/mol. The first kappa shape index (κ1) is 14.0.